The summed E-state index contributed by atoms with van der Waals surface area (Å²) in [5, 5.41) is 6.22. The number of nitrogens with one attached hydrogen (secondary N) is 2. The van der Waals surface area contributed by atoms with Gasteiger partial charge in [0.2, 0.25) is 0 Å². The molecule has 2 rings (SSSR count). The topological polar surface area (TPSA) is 79.8 Å². The lowest BCUT2D eigenvalue weighted by Gasteiger charge is -2.16. The van der Waals surface area contributed by atoms with Gasteiger partial charge >= 0.3 is 17.8 Å². The Morgan fingerprint density at radius 3 is 2.48 bits per heavy atom. The molecule has 2 aromatic rings. The van der Waals surface area contributed by atoms with E-state index in [9.17, 15) is 22.8 Å². The van der Waals surface area contributed by atoms with Crippen LogP contribution in [0.1, 0.15) is 26.3 Å². The quantitative estimate of drug-likeness (QED) is 0.864. The van der Waals surface area contributed by atoms with Gasteiger partial charge in [-0.1, -0.05) is 17.7 Å². The number of aromatic nitrogens is 3. The second-order valence-corrected chi connectivity index (χ2v) is 6.76. The molecule has 25 heavy (non-hydrogen) atoms. The summed E-state index contributed by atoms with van der Waals surface area (Å²) in [6, 6.07) is 4.39. The molecule has 1 heterocycles. The van der Waals surface area contributed by atoms with Gasteiger partial charge in [-0.2, -0.15) is 13.2 Å². The van der Waals surface area contributed by atoms with Crippen LogP contribution in [0, 0.1) is 0 Å². The maximum Gasteiger partial charge on any atom is 0.471 e. The standard InChI is InChI=1S/C15H16ClF3N4O2/c1-14(2,3)23-13(25)21-11(22-23)9-6-8(4-5-10(9)16)7-20-12(24)15(17,18)19/h4-6H,7H2,1-3H3,(H,20,24)(H,21,22,25). The van der Waals surface area contributed by atoms with Crippen LogP contribution in [0.15, 0.2) is 23.0 Å². The van der Waals surface area contributed by atoms with Gasteiger partial charge in [-0.25, -0.2) is 9.48 Å². The van der Waals surface area contributed by atoms with Crippen molar-refractivity contribution >= 4 is 17.5 Å². The zero-order valence-corrected chi connectivity index (χ0v) is 14.4. The highest BCUT2D eigenvalue weighted by Gasteiger charge is 2.38. The lowest BCUT2D eigenvalue weighted by Crippen LogP contribution is -2.36. The van der Waals surface area contributed by atoms with E-state index in [-0.39, 0.29) is 17.4 Å². The van der Waals surface area contributed by atoms with E-state index in [1.54, 1.807) is 26.1 Å². The van der Waals surface area contributed by atoms with Crippen molar-refractivity contribution in [2.75, 3.05) is 0 Å². The Labute approximate surface area is 146 Å². The summed E-state index contributed by atoms with van der Waals surface area (Å²) in [6.45, 7) is 5.05. The Morgan fingerprint density at radius 2 is 1.96 bits per heavy atom. The van der Waals surface area contributed by atoms with Gasteiger partial charge in [-0.05, 0) is 38.5 Å². The van der Waals surface area contributed by atoms with Crippen LogP contribution in [0.25, 0.3) is 11.4 Å². The molecule has 0 saturated carbocycles. The molecule has 0 atom stereocenters. The molecule has 0 aliphatic heterocycles. The number of carbonyl (C=O) groups is 1. The Balaban J connectivity index is 2.31. The fourth-order valence-corrected chi connectivity index (χ4v) is 2.25. The van der Waals surface area contributed by atoms with Crippen LogP contribution in [-0.4, -0.2) is 26.8 Å². The number of nitrogens with zero attached hydrogens (tertiary/aromatic N) is 2. The van der Waals surface area contributed by atoms with Crippen LogP contribution >= 0.6 is 11.6 Å². The van der Waals surface area contributed by atoms with Crippen LogP contribution in [0.5, 0.6) is 0 Å². The number of aromatic amines is 1. The molecule has 6 nitrogen and oxygen atoms in total. The van der Waals surface area contributed by atoms with Crippen LogP contribution < -0.4 is 11.0 Å². The first-order valence-electron chi connectivity index (χ1n) is 7.23. The number of benzene rings is 1. The molecule has 0 bridgehead atoms. The lowest BCUT2D eigenvalue weighted by atomic mass is 10.1. The number of halogens is 4. The Bertz CT molecular complexity index is 850. The Morgan fingerprint density at radius 1 is 1.32 bits per heavy atom. The monoisotopic (exact) mass is 376 g/mol. The van der Waals surface area contributed by atoms with Crippen molar-refractivity contribution in [3.63, 3.8) is 0 Å². The summed E-state index contributed by atoms with van der Waals surface area (Å²) in [6.07, 6.45) is -4.95. The SMILES string of the molecule is CC(C)(C)n1nc(-c2cc(CNC(=O)C(F)(F)F)ccc2Cl)[nH]c1=O. The van der Waals surface area contributed by atoms with Gasteiger partial charge in [0, 0.05) is 12.1 Å². The normalized spacial score (nSPS) is 12.3. The zero-order valence-electron chi connectivity index (χ0n) is 13.7. The molecule has 0 unspecified atom stereocenters. The van der Waals surface area contributed by atoms with Gasteiger partial charge < -0.3 is 5.32 Å². The summed E-state index contributed by atoms with van der Waals surface area (Å²) < 4.78 is 37.9. The number of hydrogen-bond acceptors (Lipinski definition) is 3. The smallest absolute Gasteiger partial charge is 0.344 e. The highest BCUT2D eigenvalue weighted by molar-refractivity contribution is 6.33. The van der Waals surface area contributed by atoms with Crippen LogP contribution in [0.4, 0.5) is 13.2 Å². The van der Waals surface area contributed by atoms with Crippen molar-refractivity contribution in [2.24, 2.45) is 0 Å². The van der Waals surface area contributed by atoms with E-state index in [0.29, 0.717) is 11.1 Å². The van der Waals surface area contributed by atoms with E-state index in [0.717, 1.165) is 0 Å². The molecule has 0 aliphatic rings. The van der Waals surface area contributed by atoms with E-state index in [1.807, 2.05) is 0 Å². The van der Waals surface area contributed by atoms with Crippen molar-refractivity contribution < 1.29 is 18.0 Å². The summed E-state index contributed by atoms with van der Waals surface area (Å²) in [5.74, 6) is -1.84. The minimum Gasteiger partial charge on any atom is -0.344 e. The first-order chi connectivity index (χ1) is 11.4. The number of hydrogen-bond donors (Lipinski definition) is 2. The van der Waals surface area contributed by atoms with Gasteiger partial charge in [0.1, 0.15) is 0 Å². The minimum absolute atomic E-state index is 0.189. The highest BCUT2D eigenvalue weighted by Crippen LogP contribution is 2.26. The molecule has 0 radical (unpaired) electrons. The average Bonchev–Trinajstić information content (AvgIpc) is 2.87. The van der Waals surface area contributed by atoms with Crippen molar-refractivity contribution in [2.45, 2.75) is 39.0 Å². The maximum atomic E-state index is 12.2. The average molecular weight is 377 g/mol. The number of H-pyrrole nitrogens is 1. The fraction of sp³-hybridized carbons (Fsp3) is 0.400. The third-order valence-electron chi connectivity index (χ3n) is 3.25. The molecular formula is C15H16ClF3N4O2. The molecule has 0 fully saturated rings. The molecule has 1 aromatic carbocycles. The van der Waals surface area contributed by atoms with E-state index < -0.39 is 23.3 Å². The number of carbonyl (C=O) groups excluding carboxylic acids is 1. The Kier molecular flexibility index (Phi) is 4.99. The molecule has 10 heteroatoms. The molecule has 0 saturated heterocycles. The third-order valence-corrected chi connectivity index (χ3v) is 3.58. The number of rotatable bonds is 3. The maximum absolute atomic E-state index is 12.2. The first kappa shape index (κ1) is 19.0. The Hall–Kier alpha value is -2.29. The second kappa shape index (κ2) is 6.55. The van der Waals surface area contributed by atoms with Crippen molar-refractivity contribution in [3.8, 4) is 11.4 Å². The molecule has 2 N–H and O–H groups in total. The van der Waals surface area contributed by atoms with E-state index in [2.05, 4.69) is 10.1 Å². The fourth-order valence-electron chi connectivity index (χ4n) is 2.05. The predicted molar refractivity (Wildman–Crippen MR) is 86.2 cm³/mol. The summed E-state index contributed by atoms with van der Waals surface area (Å²) >= 11 is 6.10. The number of alkyl halides is 3. The molecule has 136 valence electrons. The van der Waals surface area contributed by atoms with Crippen LogP contribution in [0.2, 0.25) is 5.02 Å². The molecule has 1 aromatic heterocycles. The van der Waals surface area contributed by atoms with Crippen LogP contribution in [-0.2, 0) is 16.9 Å². The first-order valence-corrected chi connectivity index (χ1v) is 7.61. The van der Waals surface area contributed by atoms with Gasteiger partial charge in [0.05, 0.1) is 10.6 Å². The largest absolute Gasteiger partial charge is 0.471 e. The minimum atomic E-state index is -4.95. The van der Waals surface area contributed by atoms with Gasteiger partial charge in [0.15, 0.2) is 5.82 Å². The summed E-state index contributed by atoms with van der Waals surface area (Å²) in [4.78, 5) is 25.5. The van der Waals surface area contributed by atoms with Crippen molar-refractivity contribution in [1.29, 1.82) is 0 Å². The van der Waals surface area contributed by atoms with E-state index in [1.165, 1.54) is 22.9 Å². The zero-order chi connectivity index (χ0) is 19.0. The van der Waals surface area contributed by atoms with Crippen molar-refractivity contribution in [3.05, 3.63) is 39.3 Å². The third kappa shape index (κ3) is 4.41. The van der Waals surface area contributed by atoms with E-state index in [4.69, 9.17) is 11.6 Å². The summed E-state index contributed by atoms with van der Waals surface area (Å²) in [5.41, 5.74) is -0.269. The molecule has 0 aliphatic carbocycles. The second-order valence-electron chi connectivity index (χ2n) is 6.36. The summed E-state index contributed by atoms with van der Waals surface area (Å²) in [7, 11) is 0. The van der Waals surface area contributed by atoms with E-state index >= 15 is 0 Å². The van der Waals surface area contributed by atoms with Gasteiger partial charge in [-0.15, -0.1) is 5.10 Å². The molecule has 0 spiro atoms. The highest BCUT2D eigenvalue weighted by atomic mass is 35.5. The van der Waals surface area contributed by atoms with Gasteiger partial charge in [-0.3, -0.25) is 9.78 Å². The molecular weight excluding hydrogens is 361 g/mol. The van der Waals surface area contributed by atoms with Crippen LogP contribution in [0.3, 0.4) is 0 Å². The lowest BCUT2D eigenvalue weighted by molar-refractivity contribution is -0.173. The van der Waals surface area contributed by atoms with Gasteiger partial charge in [0.25, 0.3) is 0 Å². The number of amides is 1. The van der Waals surface area contributed by atoms with Crippen molar-refractivity contribution in [1.82, 2.24) is 20.1 Å². The predicted octanol–water partition coefficient (Wildman–Crippen LogP) is 2.83. The molecule has 1 amide bonds.